The van der Waals surface area contributed by atoms with Crippen LogP contribution in [0.4, 0.5) is 0 Å². The Balaban J connectivity index is 2.46. The summed E-state index contributed by atoms with van der Waals surface area (Å²) in [5.74, 6) is 0. The standard InChI is InChI=1S/C16H27N3/c1-5-19(6-2)16-11-18(4)15(10-17)14-9-12(3)7-8-13(14)16/h7-9,15-16H,5-6,10-11,17H2,1-4H3. The first-order chi connectivity index (χ1) is 9.12. The number of hydrogen-bond acceptors (Lipinski definition) is 3. The van der Waals surface area contributed by atoms with E-state index in [1.165, 1.54) is 16.7 Å². The van der Waals surface area contributed by atoms with Crippen molar-refractivity contribution in [3.8, 4) is 0 Å². The predicted molar refractivity (Wildman–Crippen MR) is 81.3 cm³/mol. The third kappa shape index (κ3) is 2.69. The lowest BCUT2D eigenvalue weighted by Gasteiger charge is -2.43. The molecule has 19 heavy (non-hydrogen) atoms. The number of aryl methyl sites for hydroxylation is 1. The fraction of sp³-hybridized carbons (Fsp3) is 0.625. The van der Waals surface area contributed by atoms with Crippen molar-refractivity contribution >= 4 is 0 Å². The molecule has 0 radical (unpaired) electrons. The average molecular weight is 261 g/mol. The SMILES string of the molecule is CCN(CC)C1CN(C)C(CN)c2cc(C)ccc21. The Morgan fingerprint density at radius 1 is 1.26 bits per heavy atom. The van der Waals surface area contributed by atoms with Gasteiger partial charge in [-0.15, -0.1) is 0 Å². The number of nitrogens with zero attached hydrogens (tertiary/aromatic N) is 2. The Labute approximate surface area is 117 Å². The second kappa shape index (κ2) is 6.04. The van der Waals surface area contributed by atoms with Gasteiger partial charge in [0, 0.05) is 25.2 Å². The van der Waals surface area contributed by atoms with Gasteiger partial charge in [-0.25, -0.2) is 0 Å². The van der Waals surface area contributed by atoms with Crippen LogP contribution in [0.25, 0.3) is 0 Å². The molecule has 2 unspecified atom stereocenters. The zero-order valence-electron chi connectivity index (χ0n) is 12.7. The molecule has 0 amide bonds. The summed E-state index contributed by atoms with van der Waals surface area (Å²) in [6.45, 7) is 10.6. The van der Waals surface area contributed by atoms with Crippen LogP contribution in [0, 0.1) is 6.92 Å². The Morgan fingerprint density at radius 3 is 2.53 bits per heavy atom. The molecule has 2 N–H and O–H groups in total. The van der Waals surface area contributed by atoms with E-state index in [1.54, 1.807) is 0 Å². The van der Waals surface area contributed by atoms with E-state index < -0.39 is 0 Å². The van der Waals surface area contributed by atoms with Gasteiger partial charge < -0.3 is 5.73 Å². The van der Waals surface area contributed by atoms with Crippen LogP contribution in [-0.4, -0.2) is 43.0 Å². The molecule has 106 valence electrons. The lowest BCUT2D eigenvalue weighted by molar-refractivity contribution is 0.120. The highest BCUT2D eigenvalue weighted by Gasteiger charge is 2.32. The van der Waals surface area contributed by atoms with Crippen LogP contribution in [0.15, 0.2) is 18.2 Å². The van der Waals surface area contributed by atoms with Crippen LogP contribution in [0.5, 0.6) is 0 Å². The molecule has 0 saturated carbocycles. The smallest absolute Gasteiger partial charge is 0.0478 e. The van der Waals surface area contributed by atoms with Gasteiger partial charge in [0.15, 0.2) is 0 Å². The van der Waals surface area contributed by atoms with E-state index in [-0.39, 0.29) is 0 Å². The summed E-state index contributed by atoms with van der Waals surface area (Å²) < 4.78 is 0. The molecule has 1 aromatic rings. The molecule has 0 aromatic heterocycles. The van der Waals surface area contributed by atoms with Crippen molar-refractivity contribution in [2.75, 3.05) is 33.2 Å². The van der Waals surface area contributed by atoms with Crippen molar-refractivity contribution in [2.24, 2.45) is 5.73 Å². The quantitative estimate of drug-likeness (QED) is 0.903. The Bertz CT molecular complexity index is 426. The maximum absolute atomic E-state index is 5.99. The lowest BCUT2D eigenvalue weighted by Crippen LogP contribution is -2.44. The maximum Gasteiger partial charge on any atom is 0.0478 e. The Kier molecular flexibility index (Phi) is 4.61. The third-order valence-electron chi connectivity index (χ3n) is 4.43. The van der Waals surface area contributed by atoms with E-state index in [4.69, 9.17) is 5.73 Å². The first-order valence-electron chi connectivity index (χ1n) is 7.37. The molecule has 2 atom stereocenters. The van der Waals surface area contributed by atoms with E-state index in [9.17, 15) is 0 Å². The summed E-state index contributed by atoms with van der Waals surface area (Å²) in [7, 11) is 2.19. The summed E-state index contributed by atoms with van der Waals surface area (Å²) in [5.41, 5.74) is 10.2. The summed E-state index contributed by atoms with van der Waals surface area (Å²) in [4.78, 5) is 4.95. The van der Waals surface area contributed by atoms with Crippen molar-refractivity contribution in [3.05, 3.63) is 34.9 Å². The zero-order valence-corrected chi connectivity index (χ0v) is 12.7. The van der Waals surface area contributed by atoms with Crippen LogP contribution in [0.3, 0.4) is 0 Å². The predicted octanol–water partition coefficient (Wildman–Crippen LogP) is 2.32. The lowest BCUT2D eigenvalue weighted by atomic mass is 9.87. The van der Waals surface area contributed by atoms with Crippen molar-refractivity contribution in [1.29, 1.82) is 0 Å². The van der Waals surface area contributed by atoms with E-state index >= 15 is 0 Å². The van der Waals surface area contributed by atoms with Gasteiger partial charge in [-0.1, -0.05) is 37.6 Å². The van der Waals surface area contributed by atoms with E-state index in [1.807, 2.05) is 0 Å². The number of rotatable bonds is 4. The first kappa shape index (κ1) is 14.5. The Hall–Kier alpha value is -0.900. The van der Waals surface area contributed by atoms with Gasteiger partial charge in [0.2, 0.25) is 0 Å². The van der Waals surface area contributed by atoms with E-state index in [2.05, 4.69) is 55.8 Å². The van der Waals surface area contributed by atoms with Crippen LogP contribution >= 0.6 is 0 Å². The van der Waals surface area contributed by atoms with Gasteiger partial charge >= 0.3 is 0 Å². The van der Waals surface area contributed by atoms with Gasteiger partial charge in [-0.2, -0.15) is 0 Å². The highest BCUT2D eigenvalue weighted by atomic mass is 15.2. The number of benzene rings is 1. The first-order valence-corrected chi connectivity index (χ1v) is 7.37. The molecule has 2 rings (SSSR count). The molecule has 0 saturated heterocycles. The van der Waals surface area contributed by atoms with Crippen LogP contribution in [0.1, 0.15) is 42.6 Å². The molecular weight excluding hydrogens is 234 g/mol. The maximum atomic E-state index is 5.99. The molecular formula is C16H27N3. The topological polar surface area (TPSA) is 32.5 Å². The third-order valence-corrected chi connectivity index (χ3v) is 4.43. The number of likely N-dealkylation sites (N-methyl/N-ethyl adjacent to an activating group) is 2. The zero-order chi connectivity index (χ0) is 14.0. The highest BCUT2D eigenvalue weighted by Crippen LogP contribution is 2.36. The van der Waals surface area contributed by atoms with Crippen molar-refractivity contribution in [2.45, 2.75) is 32.9 Å². The molecule has 0 spiro atoms. The fourth-order valence-corrected chi connectivity index (χ4v) is 3.31. The second-order valence-electron chi connectivity index (χ2n) is 5.56. The minimum Gasteiger partial charge on any atom is -0.329 e. The average Bonchev–Trinajstić information content (AvgIpc) is 2.40. The van der Waals surface area contributed by atoms with Gasteiger partial charge in [0.1, 0.15) is 0 Å². The molecule has 1 aromatic carbocycles. The van der Waals surface area contributed by atoms with Gasteiger partial charge in [-0.3, -0.25) is 9.80 Å². The minimum atomic E-state index is 0.363. The van der Waals surface area contributed by atoms with Crippen LogP contribution in [-0.2, 0) is 0 Å². The molecule has 0 aliphatic carbocycles. The number of nitrogens with two attached hydrogens (primary N) is 1. The number of fused-ring (bicyclic) bond motifs is 1. The normalized spacial score (nSPS) is 23.7. The molecule has 1 heterocycles. The molecule has 1 aliphatic rings. The summed E-state index contributed by atoms with van der Waals surface area (Å²) >= 11 is 0. The van der Waals surface area contributed by atoms with Crippen molar-refractivity contribution in [3.63, 3.8) is 0 Å². The molecule has 0 fully saturated rings. The van der Waals surface area contributed by atoms with Crippen molar-refractivity contribution < 1.29 is 0 Å². The van der Waals surface area contributed by atoms with Crippen molar-refractivity contribution in [1.82, 2.24) is 9.80 Å². The van der Waals surface area contributed by atoms with E-state index in [0.717, 1.165) is 19.6 Å². The molecule has 3 nitrogen and oxygen atoms in total. The number of hydrogen-bond donors (Lipinski definition) is 1. The summed E-state index contributed by atoms with van der Waals surface area (Å²) in [6, 6.07) is 7.72. The largest absolute Gasteiger partial charge is 0.329 e. The molecule has 0 bridgehead atoms. The van der Waals surface area contributed by atoms with Gasteiger partial charge in [0.05, 0.1) is 0 Å². The monoisotopic (exact) mass is 261 g/mol. The van der Waals surface area contributed by atoms with E-state index in [0.29, 0.717) is 18.6 Å². The van der Waals surface area contributed by atoms with Gasteiger partial charge in [0.25, 0.3) is 0 Å². The van der Waals surface area contributed by atoms with Crippen LogP contribution < -0.4 is 5.73 Å². The molecule has 1 aliphatic heterocycles. The summed E-state index contributed by atoms with van der Waals surface area (Å²) in [6.07, 6.45) is 0. The Morgan fingerprint density at radius 2 is 1.95 bits per heavy atom. The van der Waals surface area contributed by atoms with Gasteiger partial charge in [-0.05, 0) is 38.2 Å². The fourth-order valence-electron chi connectivity index (χ4n) is 3.31. The second-order valence-corrected chi connectivity index (χ2v) is 5.56. The summed E-state index contributed by atoms with van der Waals surface area (Å²) in [5, 5.41) is 0. The molecule has 3 heteroatoms. The minimum absolute atomic E-state index is 0.363. The van der Waals surface area contributed by atoms with Crippen LogP contribution in [0.2, 0.25) is 0 Å². The highest BCUT2D eigenvalue weighted by molar-refractivity contribution is 5.38.